The van der Waals surface area contributed by atoms with Crippen LogP contribution in [0.3, 0.4) is 0 Å². The highest BCUT2D eigenvalue weighted by Crippen LogP contribution is 2.30. The van der Waals surface area contributed by atoms with E-state index in [-0.39, 0.29) is 5.78 Å². The monoisotopic (exact) mass is 275 g/mol. The molecule has 1 aliphatic heterocycles. The average molecular weight is 275 g/mol. The summed E-state index contributed by atoms with van der Waals surface area (Å²) in [4.78, 5) is 14.3. The second-order valence-corrected chi connectivity index (χ2v) is 5.54. The van der Waals surface area contributed by atoms with Crippen LogP contribution in [0.4, 0.5) is 0 Å². The van der Waals surface area contributed by atoms with Crippen molar-refractivity contribution in [3.05, 3.63) is 29.3 Å². The molecule has 0 radical (unpaired) electrons. The highest BCUT2D eigenvalue weighted by molar-refractivity contribution is 5.96. The number of hydrogen-bond acceptors (Lipinski definition) is 3. The van der Waals surface area contributed by atoms with E-state index in [1.807, 2.05) is 18.2 Å². The summed E-state index contributed by atoms with van der Waals surface area (Å²) in [5.74, 6) is 1.02. The van der Waals surface area contributed by atoms with Crippen molar-refractivity contribution in [2.75, 3.05) is 19.7 Å². The molecule has 0 aromatic heterocycles. The van der Waals surface area contributed by atoms with E-state index in [9.17, 15) is 4.79 Å². The van der Waals surface area contributed by atoms with E-state index in [2.05, 4.69) is 18.7 Å². The van der Waals surface area contributed by atoms with Gasteiger partial charge in [-0.25, -0.2) is 0 Å². The van der Waals surface area contributed by atoms with Crippen molar-refractivity contribution in [3.63, 3.8) is 0 Å². The van der Waals surface area contributed by atoms with Crippen molar-refractivity contribution in [2.45, 2.75) is 46.1 Å². The van der Waals surface area contributed by atoms with Crippen molar-refractivity contribution in [3.8, 4) is 5.75 Å². The number of hydrogen-bond donors (Lipinski definition) is 0. The first-order valence-corrected chi connectivity index (χ1v) is 7.67. The van der Waals surface area contributed by atoms with Crippen LogP contribution in [0.15, 0.2) is 18.2 Å². The number of ketones is 1. The molecule has 0 spiro atoms. The number of benzene rings is 1. The number of nitrogens with zero attached hydrogens (tertiary/aromatic N) is 1. The summed E-state index contributed by atoms with van der Waals surface area (Å²) in [7, 11) is 0. The molecular formula is C17H25NO2. The summed E-state index contributed by atoms with van der Waals surface area (Å²) in [6, 6.07) is 6.19. The number of ether oxygens (including phenoxy) is 1. The van der Waals surface area contributed by atoms with Crippen LogP contribution < -0.4 is 4.74 Å². The first-order chi connectivity index (χ1) is 9.67. The quantitative estimate of drug-likeness (QED) is 0.746. The highest BCUT2D eigenvalue weighted by atomic mass is 16.5. The lowest BCUT2D eigenvalue weighted by atomic mass is 9.94. The van der Waals surface area contributed by atoms with Crippen LogP contribution in [0.25, 0.3) is 0 Å². The van der Waals surface area contributed by atoms with Gasteiger partial charge in [-0.2, -0.15) is 0 Å². The Morgan fingerprint density at radius 3 is 2.60 bits per heavy atom. The van der Waals surface area contributed by atoms with Crippen LogP contribution in [-0.4, -0.2) is 36.4 Å². The third kappa shape index (κ3) is 3.21. The van der Waals surface area contributed by atoms with Gasteiger partial charge in [0.05, 0.1) is 0 Å². The maximum atomic E-state index is 11.8. The molecule has 1 unspecified atom stereocenters. The highest BCUT2D eigenvalue weighted by Gasteiger charge is 2.27. The zero-order valence-electron chi connectivity index (χ0n) is 12.8. The SMILES string of the molecule is CCCN(CCC)C1COc2cccc(C(C)=O)c2C1. The fourth-order valence-electron chi connectivity index (χ4n) is 3.01. The first-order valence-electron chi connectivity index (χ1n) is 7.67. The van der Waals surface area contributed by atoms with Crippen LogP contribution in [0.1, 0.15) is 49.5 Å². The minimum absolute atomic E-state index is 0.128. The molecule has 0 N–H and O–H groups in total. The topological polar surface area (TPSA) is 29.5 Å². The van der Waals surface area contributed by atoms with Gasteiger partial charge in [0.1, 0.15) is 12.4 Å². The van der Waals surface area contributed by atoms with Crippen LogP contribution in [0.5, 0.6) is 5.75 Å². The maximum Gasteiger partial charge on any atom is 0.160 e. The molecule has 3 nitrogen and oxygen atoms in total. The molecule has 0 amide bonds. The Hall–Kier alpha value is -1.35. The lowest BCUT2D eigenvalue weighted by molar-refractivity contribution is 0.100. The van der Waals surface area contributed by atoms with E-state index < -0.39 is 0 Å². The minimum atomic E-state index is 0.128. The fraction of sp³-hybridized carbons (Fsp3) is 0.588. The molecule has 1 aromatic carbocycles. The van der Waals surface area contributed by atoms with Crippen molar-refractivity contribution in [2.24, 2.45) is 0 Å². The first kappa shape index (κ1) is 15.0. The van der Waals surface area contributed by atoms with Gasteiger partial charge < -0.3 is 4.74 Å². The molecule has 0 bridgehead atoms. The van der Waals surface area contributed by atoms with Crippen molar-refractivity contribution >= 4 is 5.78 Å². The fourth-order valence-corrected chi connectivity index (χ4v) is 3.01. The van der Waals surface area contributed by atoms with Crippen LogP contribution in [-0.2, 0) is 6.42 Å². The molecule has 1 aliphatic rings. The predicted molar refractivity (Wildman–Crippen MR) is 81.6 cm³/mol. The lowest BCUT2D eigenvalue weighted by Gasteiger charge is -2.35. The van der Waals surface area contributed by atoms with Crippen LogP contribution >= 0.6 is 0 Å². The Labute approximate surface area is 121 Å². The molecule has 1 heterocycles. The zero-order chi connectivity index (χ0) is 14.5. The van der Waals surface area contributed by atoms with Gasteiger partial charge in [0, 0.05) is 17.2 Å². The summed E-state index contributed by atoms with van der Waals surface area (Å²) in [6.07, 6.45) is 3.22. The molecule has 1 aromatic rings. The molecule has 0 aliphatic carbocycles. The zero-order valence-corrected chi connectivity index (χ0v) is 12.8. The van der Waals surface area contributed by atoms with Crippen LogP contribution in [0, 0.1) is 0 Å². The minimum Gasteiger partial charge on any atom is -0.492 e. The second-order valence-electron chi connectivity index (χ2n) is 5.54. The average Bonchev–Trinajstić information content (AvgIpc) is 2.45. The van der Waals surface area contributed by atoms with Gasteiger partial charge in [0.25, 0.3) is 0 Å². The number of carbonyl (C=O) groups is 1. The standard InChI is InChI=1S/C17H25NO2/c1-4-9-18(10-5-2)14-11-16-15(13(3)19)7-6-8-17(16)20-12-14/h6-8,14H,4-5,9-12H2,1-3H3. The van der Waals surface area contributed by atoms with Gasteiger partial charge in [-0.05, 0) is 45.3 Å². The van der Waals surface area contributed by atoms with E-state index in [0.29, 0.717) is 6.04 Å². The van der Waals surface area contributed by atoms with Crippen molar-refractivity contribution in [1.29, 1.82) is 0 Å². The summed E-state index contributed by atoms with van der Waals surface area (Å²) in [5, 5.41) is 0. The van der Waals surface area contributed by atoms with Gasteiger partial charge in [0.15, 0.2) is 5.78 Å². The van der Waals surface area contributed by atoms with E-state index in [4.69, 9.17) is 4.74 Å². The molecule has 110 valence electrons. The third-order valence-corrected chi connectivity index (χ3v) is 3.92. The summed E-state index contributed by atoms with van der Waals surface area (Å²) in [6.45, 7) is 8.98. The largest absolute Gasteiger partial charge is 0.492 e. The van der Waals surface area contributed by atoms with E-state index in [1.54, 1.807) is 6.92 Å². The number of rotatable bonds is 6. The smallest absolute Gasteiger partial charge is 0.160 e. The second kappa shape index (κ2) is 6.89. The van der Waals surface area contributed by atoms with Crippen LogP contribution in [0.2, 0.25) is 0 Å². The summed E-state index contributed by atoms with van der Waals surface area (Å²) in [5.41, 5.74) is 1.91. The molecule has 0 saturated carbocycles. The molecule has 0 saturated heterocycles. The van der Waals surface area contributed by atoms with E-state index >= 15 is 0 Å². The number of fused-ring (bicyclic) bond motifs is 1. The molecule has 2 rings (SSSR count). The normalized spacial score (nSPS) is 17.7. The number of carbonyl (C=O) groups excluding carboxylic acids is 1. The molecule has 0 fully saturated rings. The molecule has 20 heavy (non-hydrogen) atoms. The Kier molecular flexibility index (Phi) is 5.18. The lowest BCUT2D eigenvalue weighted by Crippen LogP contribution is -2.44. The summed E-state index contributed by atoms with van der Waals surface area (Å²) < 4.78 is 5.91. The van der Waals surface area contributed by atoms with Gasteiger partial charge in [0.2, 0.25) is 0 Å². The molecular weight excluding hydrogens is 250 g/mol. The van der Waals surface area contributed by atoms with Crippen molar-refractivity contribution in [1.82, 2.24) is 4.90 Å². The van der Waals surface area contributed by atoms with Crippen molar-refractivity contribution < 1.29 is 9.53 Å². The third-order valence-electron chi connectivity index (χ3n) is 3.92. The van der Waals surface area contributed by atoms with Gasteiger partial charge in [-0.15, -0.1) is 0 Å². The summed E-state index contributed by atoms with van der Waals surface area (Å²) >= 11 is 0. The molecule has 1 atom stereocenters. The van der Waals surface area contributed by atoms with Gasteiger partial charge in [-0.1, -0.05) is 26.0 Å². The van der Waals surface area contributed by atoms with E-state index in [1.165, 1.54) is 0 Å². The van der Waals surface area contributed by atoms with Gasteiger partial charge in [-0.3, -0.25) is 9.69 Å². The van der Waals surface area contributed by atoms with Gasteiger partial charge >= 0.3 is 0 Å². The Morgan fingerprint density at radius 1 is 1.30 bits per heavy atom. The predicted octanol–water partition coefficient (Wildman–Crippen LogP) is 3.31. The maximum absolute atomic E-state index is 11.8. The number of Topliss-reactive ketones (excluding diaryl/α,β-unsaturated/α-hetero) is 1. The Bertz CT molecular complexity index is 464. The molecule has 3 heteroatoms. The Morgan fingerprint density at radius 2 is 2.00 bits per heavy atom. The van der Waals surface area contributed by atoms with E-state index in [0.717, 1.165) is 55.8 Å². The Balaban J connectivity index is 2.22.